The summed E-state index contributed by atoms with van der Waals surface area (Å²) >= 11 is 6.24. The minimum absolute atomic E-state index is 0.179. The summed E-state index contributed by atoms with van der Waals surface area (Å²) in [6, 6.07) is 4.75. The van der Waals surface area contributed by atoms with E-state index in [1.807, 2.05) is 0 Å². The van der Waals surface area contributed by atoms with Gasteiger partial charge in [-0.2, -0.15) is 0 Å². The summed E-state index contributed by atoms with van der Waals surface area (Å²) in [7, 11) is 0. The topological polar surface area (TPSA) is 12.0 Å². The van der Waals surface area contributed by atoms with Gasteiger partial charge in [-0.1, -0.05) is 31.4 Å². The standard InChI is InChI=1S/C15H21ClFN/c1-2-18-10-11-5-3-4-6-13(11)14-9-12(17)7-8-15(14)16/h7-9,11,13,18H,2-6,10H2,1H3. The molecule has 0 saturated heterocycles. The molecule has 18 heavy (non-hydrogen) atoms. The van der Waals surface area contributed by atoms with Crippen LogP contribution in [0, 0.1) is 11.7 Å². The molecule has 3 heteroatoms. The lowest BCUT2D eigenvalue weighted by Gasteiger charge is -2.32. The highest BCUT2D eigenvalue weighted by atomic mass is 35.5. The Hall–Kier alpha value is -0.600. The predicted octanol–water partition coefficient (Wildman–Crippen LogP) is 4.36. The third-order valence-corrected chi connectivity index (χ3v) is 4.27. The van der Waals surface area contributed by atoms with E-state index in [1.54, 1.807) is 12.1 Å². The second kappa shape index (κ2) is 6.53. The first kappa shape index (κ1) is 13.8. The van der Waals surface area contributed by atoms with E-state index in [2.05, 4.69) is 12.2 Å². The van der Waals surface area contributed by atoms with Crippen LogP contribution in [0.25, 0.3) is 0 Å². The minimum atomic E-state index is -0.179. The van der Waals surface area contributed by atoms with E-state index >= 15 is 0 Å². The molecule has 0 spiro atoms. The average Bonchev–Trinajstić information content (AvgIpc) is 2.39. The van der Waals surface area contributed by atoms with Gasteiger partial charge in [-0.25, -0.2) is 4.39 Å². The van der Waals surface area contributed by atoms with Gasteiger partial charge in [0.25, 0.3) is 0 Å². The lowest BCUT2D eigenvalue weighted by Crippen LogP contribution is -2.29. The Morgan fingerprint density at radius 1 is 1.33 bits per heavy atom. The van der Waals surface area contributed by atoms with Crippen LogP contribution in [0.2, 0.25) is 5.02 Å². The van der Waals surface area contributed by atoms with Crippen molar-refractivity contribution in [2.24, 2.45) is 5.92 Å². The molecular formula is C15H21ClFN. The summed E-state index contributed by atoms with van der Waals surface area (Å²) in [5, 5.41) is 4.13. The van der Waals surface area contributed by atoms with Crippen LogP contribution in [-0.4, -0.2) is 13.1 Å². The van der Waals surface area contributed by atoms with E-state index < -0.39 is 0 Å². The molecule has 1 saturated carbocycles. The van der Waals surface area contributed by atoms with Crippen LogP contribution in [0.4, 0.5) is 4.39 Å². The molecule has 0 amide bonds. The Morgan fingerprint density at radius 2 is 2.11 bits per heavy atom. The van der Waals surface area contributed by atoms with Gasteiger partial charge < -0.3 is 5.32 Å². The number of hydrogen-bond acceptors (Lipinski definition) is 1. The molecule has 1 aliphatic rings. The van der Waals surface area contributed by atoms with Crippen molar-refractivity contribution in [2.75, 3.05) is 13.1 Å². The highest BCUT2D eigenvalue weighted by molar-refractivity contribution is 6.31. The fourth-order valence-corrected chi connectivity index (χ4v) is 3.25. The highest BCUT2D eigenvalue weighted by Crippen LogP contribution is 2.40. The van der Waals surface area contributed by atoms with Crippen molar-refractivity contribution in [1.82, 2.24) is 5.32 Å². The first-order valence-corrected chi connectivity index (χ1v) is 7.25. The van der Waals surface area contributed by atoms with Crippen LogP contribution in [0.1, 0.15) is 44.1 Å². The van der Waals surface area contributed by atoms with E-state index in [9.17, 15) is 4.39 Å². The van der Waals surface area contributed by atoms with Crippen LogP contribution >= 0.6 is 11.6 Å². The number of hydrogen-bond donors (Lipinski definition) is 1. The van der Waals surface area contributed by atoms with Gasteiger partial charge in [0.05, 0.1) is 0 Å². The quantitative estimate of drug-likeness (QED) is 0.856. The Labute approximate surface area is 114 Å². The molecule has 1 N–H and O–H groups in total. The molecule has 100 valence electrons. The summed E-state index contributed by atoms with van der Waals surface area (Å²) in [6.07, 6.45) is 4.84. The average molecular weight is 270 g/mol. The van der Waals surface area contributed by atoms with Crippen molar-refractivity contribution < 1.29 is 4.39 Å². The van der Waals surface area contributed by atoms with Gasteiger partial charge in [-0.05, 0) is 61.5 Å². The second-order valence-corrected chi connectivity index (χ2v) is 5.53. The van der Waals surface area contributed by atoms with Gasteiger partial charge in [0.1, 0.15) is 5.82 Å². The molecule has 1 fully saturated rings. The fraction of sp³-hybridized carbons (Fsp3) is 0.600. The van der Waals surface area contributed by atoms with Crippen LogP contribution in [0.5, 0.6) is 0 Å². The molecule has 1 aromatic rings. The Bertz CT molecular complexity index is 394. The van der Waals surface area contributed by atoms with Crippen molar-refractivity contribution >= 4 is 11.6 Å². The van der Waals surface area contributed by atoms with Crippen LogP contribution < -0.4 is 5.32 Å². The lowest BCUT2D eigenvalue weighted by molar-refractivity contribution is 0.297. The SMILES string of the molecule is CCNCC1CCCCC1c1cc(F)ccc1Cl. The summed E-state index contributed by atoms with van der Waals surface area (Å²) in [6.45, 7) is 4.11. The molecule has 1 nitrogen and oxygen atoms in total. The summed E-state index contributed by atoms with van der Waals surface area (Å²) in [5.41, 5.74) is 0.999. The van der Waals surface area contributed by atoms with Crippen molar-refractivity contribution in [1.29, 1.82) is 0 Å². The van der Waals surface area contributed by atoms with E-state index in [0.29, 0.717) is 16.9 Å². The molecule has 0 radical (unpaired) electrons. The van der Waals surface area contributed by atoms with E-state index in [1.165, 1.54) is 25.3 Å². The van der Waals surface area contributed by atoms with Crippen molar-refractivity contribution in [2.45, 2.75) is 38.5 Å². The largest absolute Gasteiger partial charge is 0.317 e. The molecular weight excluding hydrogens is 249 g/mol. The third kappa shape index (κ3) is 3.24. The summed E-state index contributed by atoms with van der Waals surface area (Å²) in [5.74, 6) is 0.807. The van der Waals surface area contributed by atoms with Gasteiger partial charge >= 0.3 is 0 Å². The lowest BCUT2D eigenvalue weighted by atomic mass is 9.75. The number of benzene rings is 1. The Morgan fingerprint density at radius 3 is 2.89 bits per heavy atom. The van der Waals surface area contributed by atoms with Gasteiger partial charge in [0, 0.05) is 5.02 Å². The monoisotopic (exact) mass is 269 g/mol. The molecule has 0 heterocycles. The molecule has 2 atom stereocenters. The molecule has 1 aliphatic carbocycles. The van der Waals surface area contributed by atoms with Crippen molar-refractivity contribution in [3.63, 3.8) is 0 Å². The van der Waals surface area contributed by atoms with Gasteiger partial charge in [0.2, 0.25) is 0 Å². The number of nitrogens with one attached hydrogen (secondary N) is 1. The normalized spacial score (nSPS) is 24.2. The zero-order valence-corrected chi connectivity index (χ0v) is 11.6. The zero-order chi connectivity index (χ0) is 13.0. The highest BCUT2D eigenvalue weighted by Gasteiger charge is 2.27. The van der Waals surface area contributed by atoms with Gasteiger partial charge in [0.15, 0.2) is 0 Å². The maximum atomic E-state index is 13.4. The predicted molar refractivity (Wildman–Crippen MR) is 74.7 cm³/mol. The zero-order valence-electron chi connectivity index (χ0n) is 10.9. The van der Waals surface area contributed by atoms with Crippen LogP contribution in [0.3, 0.4) is 0 Å². The maximum absolute atomic E-state index is 13.4. The summed E-state index contributed by atoms with van der Waals surface area (Å²) in [4.78, 5) is 0. The van der Waals surface area contributed by atoms with E-state index in [0.717, 1.165) is 25.1 Å². The molecule has 2 unspecified atom stereocenters. The molecule has 0 bridgehead atoms. The summed E-state index contributed by atoms with van der Waals surface area (Å²) < 4.78 is 13.4. The minimum Gasteiger partial charge on any atom is -0.317 e. The van der Waals surface area contributed by atoms with Crippen LogP contribution in [-0.2, 0) is 0 Å². The van der Waals surface area contributed by atoms with Crippen LogP contribution in [0.15, 0.2) is 18.2 Å². The number of rotatable bonds is 4. The third-order valence-electron chi connectivity index (χ3n) is 3.92. The first-order valence-electron chi connectivity index (χ1n) is 6.88. The van der Waals surface area contributed by atoms with Crippen molar-refractivity contribution in [3.8, 4) is 0 Å². The first-order chi connectivity index (χ1) is 8.72. The Balaban J connectivity index is 2.19. The Kier molecular flexibility index (Phi) is 5.02. The van der Waals surface area contributed by atoms with E-state index in [-0.39, 0.29) is 5.82 Å². The molecule has 0 aliphatic heterocycles. The molecule has 2 rings (SSSR count). The molecule has 0 aromatic heterocycles. The van der Waals surface area contributed by atoms with Crippen molar-refractivity contribution in [3.05, 3.63) is 34.6 Å². The molecule has 1 aromatic carbocycles. The van der Waals surface area contributed by atoms with Gasteiger partial charge in [-0.3, -0.25) is 0 Å². The second-order valence-electron chi connectivity index (χ2n) is 5.12. The van der Waals surface area contributed by atoms with E-state index in [4.69, 9.17) is 11.6 Å². The smallest absolute Gasteiger partial charge is 0.123 e. The number of halogens is 2. The maximum Gasteiger partial charge on any atom is 0.123 e. The van der Waals surface area contributed by atoms with Gasteiger partial charge in [-0.15, -0.1) is 0 Å². The fourth-order valence-electron chi connectivity index (χ4n) is 2.99.